The summed E-state index contributed by atoms with van der Waals surface area (Å²) >= 11 is 12.4. The third-order valence-corrected chi connectivity index (χ3v) is 5.74. The Balaban J connectivity index is 1.35. The van der Waals surface area contributed by atoms with Gasteiger partial charge in [-0.05, 0) is 35.4 Å². The Morgan fingerprint density at radius 3 is 2.56 bits per heavy atom. The average Bonchev–Trinajstić information content (AvgIpc) is 3.43. The fourth-order valence-electron chi connectivity index (χ4n) is 3.57. The third kappa shape index (κ3) is 4.58. The summed E-state index contributed by atoms with van der Waals surface area (Å²) in [5, 5.41) is 14.1. The highest BCUT2D eigenvalue weighted by molar-refractivity contribution is 6.35. The lowest BCUT2D eigenvalue weighted by Gasteiger charge is -2.06. The summed E-state index contributed by atoms with van der Waals surface area (Å²) in [4.78, 5) is 1.68. The Kier molecular flexibility index (Phi) is 5.99. The number of nitrogens with one attached hydrogen (secondary N) is 1. The van der Waals surface area contributed by atoms with Gasteiger partial charge in [0, 0.05) is 28.7 Å². The normalized spacial score (nSPS) is 12.3. The van der Waals surface area contributed by atoms with Crippen molar-refractivity contribution >= 4 is 23.2 Å². The fourth-order valence-corrected chi connectivity index (χ4v) is 4.04. The molecule has 0 unspecified atom stereocenters. The largest absolute Gasteiger partial charge is 0.454 e. The van der Waals surface area contributed by atoms with Gasteiger partial charge in [-0.1, -0.05) is 65.7 Å². The SMILES string of the molecule is Clc1ccc(Cn2nc(CNCc3ccc4c(c3)OCO4)c(-c3ccccc3)n2)c(Cl)c1. The van der Waals surface area contributed by atoms with Gasteiger partial charge in [-0.25, -0.2) is 0 Å². The van der Waals surface area contributed by atoms with Gasteiger partial charge in [0.15, 0.2) is 11.5 Å². The number of aromatic nitrogens is 3. The first-order valence-corrected chi connectivity index (χ1v) is 10.9. The minimum absolute atomic E-state index is 0.271. The van der Waals surface area contributed by atoms with Crippen molar-refractivity contribution in [3.05, 3.63) is 93.6 Å². The van der Waals surface area contributed by atoms with Crippen LogP contribution in [0.3, 0.4) is 0 Å². The van der Waals surface area contributed by atoms with Crippen LogP contribution in [0.1, 0.15) is 16.8 Å². The van der Waals surface area contributed by atoms with E-state index in [0.717, 1.165) is 39.6 Å². The van der Waals surface area contributed by atoms with Crippen LogP contribution in [0.2, 0.25) is 10.0 Å². The zero-order chi connectivity index (χ0) is 21.9. The van der Waals surface area contributed by atoms with E-state index in [9.17, 15) is 0 Å². The monoisotopic (exact) mass is 466 g/mol. The average molecular weight is 467 g/mol. The minimum atomic E-state index is 0.271. The molecule has 5 rings (SSSR count). The molecule has 0 atom stereocenters. The van der Waals surface area contributed by atoms with Crippen molar-refractivity contribution in [3.8, 4) is 22.8 Å². The Labute approximate surface area is 195 Å². The number of nitrogens with zero attached hydrogens (tertiary/aromatic N) is 3. The number of rotatable bonds is 7. The van der Waals surface area contributed by atoms with Gasteiger partial charge in [0.2, 0.25) is 6.79 Å². The number of fused-ring (bicyclic) bond motifs is 1. The molecule has 0 radical (unpaired) electrons. The molecule has 0 aliphatic carbocycles. The van der Waals surface area contributed by atoms with Crippen LogP contribution in [0, 0.1) is 0 Å². The number of hydrogen-bond acceptors (Lipinski definition) is 5. The molecule has 6 nitrogen and oxygen atoms in total. The summed E-state index contributed by atoms with van der Waals surface area (Å²) in [6.07, 6.45) is 0. The molecule has 1 aromatic heterocycles. The predicted molar refractivity (Wildman–Crippen MR) is 124 cm³/mol. The highest BCUT2D eigenvalue weighted by Gasteiger charge is 2.16. The number of halogens is 2. The molecule has 0 amide bonds. The molecule has 1 aliphatic rings. The molecule has 1 aliphatic heterocycles. The van der Waals surface area contributed by atoms with Crippen molar-refractivity contribution in [2.45, 2.75) is 19.6 Å². The minimum Gasteiger partial charge on any atom is -0.454 e. The molecule has 0 bridgehead atoms. The van der Waals surface area contributed by atoms with E-state index in [0.29, 0.717) is 29.7 Å². The molecule has 0 saturated carbocycles. The van der Waals surface area contributed by atoms with Crippen molar-refractivity contribution in [2.24, 2.45) is 0 Å². The second-order valence-corrected chi connectivity index (χ2v) is 8.26. The van der Waals surface area contributed by atoms with E-state index in [2.05, 4.69) is 5.32 Å². The van der Waals surface area contributed by atoms with Crippen molar-refractivity contribution in [1.82, 2.24) is 20.3 Å². The first kappa shape index (κ1) is 20.8. The van der Waals surface area contributed by atoms with E-state index in [1.165, 1.54) is 0 Å². The van der Waals surface area contributed by atoms with Crippen LogP contribution in [-0.4, -0.2) is 21.8 Å². The Bertz CT molecular complexity index is 1240. The molecule has 162 valence electrons. The van der Waals surface area contributed by atoms with Crippen molar-refractivity contribution in [1.29, 1.82) is 0 Å². The molecule has 2 heterocycles. The summed E-state index contributed by atoms with van der Waals surface area (Å²) < 4.78 is 10.8. The zero-order valence-corrected chi connectivity index (χ0v) is 18.6. The molecule has 8 heteroatoms. The highest BCUT2D eigenvalue weighted by Crippen LogP contribution is 2.32. The van der Waals surface area contributed by atoms with E-state index in [1.807, 2.05) is 60.7 Å². The van der Waals surface area contributed by atoms with E-state index < -0.39 is 0 Å². The van der Waals surface area contributed by atoms with E-state index >= 15 is 0 Å². The quantitative estimate of drug-likeness (QED) is 0.399. The summed E-state index contributed by atoms with van der Waals surface area (Å²) in [5.41, 5.74) is 4.73. The van der Waals surface area contributed by atoms with Crippen molar-refractivity contribution in [3.63, 3.8) is 0 Å². The van der Waals surface area contributed by atoms with Crippen LogP contribution in [0.4, 0.5) is 0 Å². The van der Waals surface area contributed by atoms with Crippen molar-refractivity contribution < 1.29 is 9.47 Å². The summed E-state index contributed by atoms with van der Waals surface area (Å²) in [5.74, 6) is 1.56. The molecule has 1 N–H and O–H groups in total. The Hall–Kier alpha value is -3.06. The van der Waals surface area contributed by atoms with Crippen LogP contribution in [0.25, 0.3) is 11.3 Å². The second-order valence-electron chi connectivity index (χ2n) is 7.42. The predicted octanol–water partition coefficient (Wildman–Crippen LogP) is 5.32. The van der Waals surface area contributed by atoms with Gasteiger partial charge >= 0.3 is 0 Å². The van der Waals surface area contributed by atoms with Gasteiger partial charge in [-0.3, -0.25) is 0 Å². The van der Waals surface area contributed by atoms with Gasteiger partial charge in [0.1, 0.15) is 11.4 Å². The number of benzene rings is 3. The van der Waals surface area contributed by atoms with Gasteiger partial charge < -0.3 is 14.8 Å². The standard InChI is InChI=1S/C24H20Cl2N4O2/c25-19-8-7-18(20(26)11-19)14-30-28-21(24(29-30)17-4-2-1-3-5-17)13-27-12-16-6-9-22-23(10-16)32-15-31-22/h1-11,27H,12-15H2. The maximum Gasteiger partial charge on any atom is 0.231 e. The summed E-state index contributed by atoms with van der Waals surface area (Å²) in [6.45, 7) is 1.96. The zero-order valence-electron chi connectivity index (χ0n) is 17.1. The van der Waals surface area contributed by atoms with Gasteiger partial charge in [-0.15, -0.1) is 0 Å². The lowest BCUT2D eigenvalue weighted by Crippen LogP contribution is -2.14. The molecule has 32 heavy (non-hydrogen) atoms. The fraction of sp³-hybridized carbons (Fsp3) is 0.167. The van der Waals surface area contributed by atoms with E-state index in [4.69, 9.17) is 42.9 Å². The molecule has 3 aromatic carbocycles. The van der Waals surface area contributed by atoms with Gasteiger partial charge in [-0.2, -0.15) is 15.0 Å². The molecule has 4 aromatic rings. The summed E-state index contributed by atoms with van der Waals surface area (Å²) in [7, 11) is 0. The van der Waals surface area contributed by atoms with Gasteiger partial charge in [0.05, 0.1) is 6.54 Å². The molecule has 0 fully saturated rings. The lowest BCUT2D eigenvalue weighted by atomic mass is 10.1. The molecular weight excluding hydrogens is 447 g/mol. The molecular formula is C24H20Cl2N4O2. The van der Waals surface area contributed by atoms with Gasteiger partial charge in [0.25, 0.3) is 0 Å². The van der Waals surface area contributed by atoms with Crippen LogP contribution in [0.5, 0.6) is 11.5 Å². The smallest absolute Gasteiger partial charge is 0.231 e. The molecule has 0 spiro atoms. The topological polar surface area (TPSA) is 61.2 Å². The molecule has 0 saturated heterocycles. The van der Waals surface area contributed by atoms with Crippen LogP contribution in [0.15, 0.2) is 66.7 Å². The van der Waals surface area contributed by atoms with Crippen LogP contribution >= 0.6 is 23.2 Å². The van der Waals surface area contributed by atoms with Crippen molar-refractivity contribution in [2.75, 3.05) is 6.79 Å². The number of ether oxygens (including phenoxy) is 2. The first-order chi connectivity index (χ1) is 15.7. The Morgan fingerprint density at radius 2 is 1.72 bits per heavy atom. The van der Waals surface area contributed by atoms with E-state index in [-0.39, 0.29) is 6.79 Å². The third-order valence-electron chi connectivity index (χ3n) is 5.16. The maximum atomic E-state index is 6.35. The van der Waals surface area contributed by atoms with Crippen LogP contribution < -0.4 is 14.8 Å². The maximum absolute atomic E-state index is 6.35. The number of hydrogen-bond donors (Lipinski definition) is 1. The Morgan fingerprint density at radius 1 is 0.875 bits per heavy atom. The first-order valence-electron chi connectivity index (χ1n) is 10.2. The highest BCUT2D eigenvalue weighted by atomic mass is 35.5. The lowest BCUT2D eigenvalue weighted by molar-refractivity contribution is 0.174. The summed E-state index contributed by atoms with van der Waals surface area (Å²) in [6, 6.07) is 21.4. The van der Waals surface area contributed by atoms with Crippen LogP contribution in [-0.2, 0) is 19.6 Å². The second kappa shape index (κ2) is 9.20. The van der Waals surface area contributed by atoms with E-state index in [1.54, 1.807) is 10.9 Å².